The summed E-state index contributed by atoms with van der Waals surface area (Å²) in [6.07, 6.45) is -3.09. The molecule has 1 aromatic carbocycles. The van der Waals surface area contributed by atoms with Crippen LogP contribution in [0, 0.1) is 0 Å². The van der Waals surface area contributed by atoms with Crippen molar-refractivity contribution < 1.29 is 26.3 Å². The molecule has 9 heteroatoms. The lowest BCUT2D eigenvalue weighted by atomic mass is 10.2. The van der Waals surface area contributed by atoms with Gasteiger partial charge in [-0.05, 0) is 35.9 Å². The number of hydrogen-bond acceptors (Lipinski definition) is 4. The highest BCUT2D eigenvalue weighted by molar-refractivity contribution is 7.92. The van der Waals surface area contributed by atoms with Crippen LogP contribution in [0.4, 0.5) is 19.0 Å². The number of hydrogen-bond donors (Lipinski definition) is 1. The highest BCUT2D eigenvalue weighted by Crippen LogP contribution is 2.31. The fourth-order valence-electron chi connectivity index (χ4n) is 2.19. The van der Waals surface area contributed by atoms with Crippen molar-refractivity contribution in [2.24, 2.45) is 0 Å². The number of ether oxygens (including phenoxy) is 1. The normalized spacial score (nSPS) is 14.2. The third-order valence-corrected chi connectivity index (χ3v) is 4.65. The zero-order chi connectivity index (χ0) is 16.7. The molecule has 0 fully saturated rings. The van der Waals surface area contributed by atoms with E-state index in [0.717, 1.165) is 17.8 Å². The molecule has 3 rings (SSSR count). The Balaban J connectivity index is 1.90. The lowest BCUT2D eigenvalue weighted by Crippen LogP contribution is -2.15. The van der Waals surface area contributed by atoms with Gasteiger partial charge in [0.15, 0.2) is 0 Å². The van der Waals surface area contributed by atoms with Crippen LogP contribution < -0.4 is 9.46 Å². The highest BCUT2D eigenvalue weighted by atomic mass is 32.2. The van der Waals surface area contributed by atoms with E-state index in [0.29, 0.717) is 24.8 Å². The van der Waals surface area contributed by atoms with Crippen molar-refractivity contribution in [3.8, 4) is 5.75 Å². The molecule has 1 N–H and O–H groups in total. The van der Waals surface area contributed by atoms with Gasteiger partial charge in [-0.2, -0.15) is 13.2 Å². The summed E-state index contributed by atoms with van der Waals surface area (Å²) >= 11 is 0. The highest BCUT2D eigenvalue weighted by Gasteiger charge is 2.31. The average Bonchev–Trinajstić information content (AvgIpc) is 2.93. The van der Waals surface area contributed by atoms with Gasteiger partial charge in [-0.15, -0.1) is 0 Å². The van der Waals surface area contributed by atoms with Crippen LogP contribution in [0.15, 0.2) is 41.4 Å². The van der Waals surface area contributed by atoms with E-state index < -0.39 is 27.6 Å². The van der Waals surface area contributed by atoms with Gasteiger partial charge in [0.1, 0.15) is 11.6 Å². The number of pyridine rings is 1. The molecule has 23 heavy (non-hydrogen) atoms. The van der Waals surface area contributed by atoms with Crippen LogP contribution in [0.25, 0.3) is 0 Å². The molecule has 5 nitrogen and oxygen atoms in total. The molecule has 122 valence electrons. The summed E-state index contributed by atoms with van der Waals surface area (Å²) in [6.45, 7) is 0.474. The molecule has 0 radical (unpaired) electrons. The van der Waals surface area contributed by atoms with Crippen molar-refractivity contribution in [1.29, 1.82) is 0 Å². The third-order valence-electron chi connectivity index (χ3n) is 3.30. The van der Waals surface area contributed by atoms with Crippen LogP contribution in [0.2, 0.25) is 0 Å². The standard InChI is InChI=1S/C14H11F3N2O3S/c15-14(16,17)10-3-5-18-13(8-10)19-23(20,21)11-1-2-12-9(7-11)4-6-22-12/h1-3,5,7-8H,4,6H2,(H,18,19). The summed E-state index contributed by atoms with van der Waals surface area (Å²) in [5.74, 6) is 0.220. The van der Waals surface area contributed by atoms with Gasteiger partial charge < -0.3 is 4.74 Å². The Morgan fingerprint density at radius 3 is 2.70 bits per heavy atom. The number of anilines is 1. The third kappa shape index (κ3) is 3.24. The molecule has 1 aliphatic rings. The molecule has 2 heterocycles. The number of nitrogens with zero attached hydrogens (tertiary/aromatic N) is 1. The lowest BCUT2D eigenvalue weighted by molar-refractivity contribution is -0.137. The molecule has 0 bridgehead atoms. The Morgan fingerprint density at radius 2 is 1.96 bits per heavy atom. The summed E-state index contributed by atoms with van der Waals surface area (Å²) < 4.78 is 69.9. The van der Waals surface area contributed by atoms with E-state index in [-0.39, 0.29) is 4.90 Å². The summed E-state index contributed by atoms with van der Waals surface area (Å²) in [5.41, 5.74) is -0.238. The number of aromatic nitrogens is 1. The van der Waals surface area contributed by atoms with Crippen molar-refractivity contribution in [2.75, 3.05) is 11.3 Å². The van der Waals surface area contributed by atoms with Crippen LogP contribution in [0.3, 0.4) is 0 Å². The van der Waals surface area contributed by atoms with Crippen molar-refractivity contribution in [3.05, 3.63) is 47.7 Å². The van der Waals surface area contributed by atoms with Crippen LogP contribution in [0.5, 0.6) is 5.75 Å². The minimum atomic E-state index is -4.58. The number of sulfonamides is 1. The van der Waals surface area contributed by atoms with Crippen molar-refractivity contribution in [3.63, 3.8) is 0 Å². The first-order valence-electron chi connectivity index (χ1n) is 6.57. The maximum Gasteiger partial charge on any atom is 0.416 e. The first-order chi connectivity index (χ1) is 10.8. The quantitative estimate of drug-likeness (QED) is 0.930. The fourth-order valence-corrected chi connectivity index (χ4v) is 3.24. The SMILES string of the molecule is O=S(=O)(Nc1cc(C(F)(F)F)ccn1)c1ccc2c(c1)CCO2. The summed E-state index contributed by atoms with van der Waals surface area (Å²) in [7, 11) is -4.03. The Bertz CT molecular complexity index is 851. The minimum absolute atomic E-state index is 0.0547. The van der Waals surface area contributed by atoms with Crippen LogP contribution >= 0.6 is 0 Å². The summed E-state index contributed by atoms with van der Waals surface area (Å²) in [6, 6.07) is 5.72. The molecule has 0 spiro atoms. The van der Waals surface area contributed by atoms with Gasteiger partial charge in [0, 0.05) is 12.6 Å². The smallest absolute Gasteiger partial charge is 0.416 e. The van der Waals surface area contributed by atoms with Crippen molar-refractivity contribution >= 4 is 15.8 Å². The Kier molecular flexibility index (Phi) is 3.67. The zero-order valence-electron chi connectivity index (χ0n) is 11.6. The second kappa shape index (κ2) is 5.41. The first kappa shape index (κ1) is 15.6. The van der Waals surface area contributed by atoms with Gasteiger partial charge >= 0.3 is 6.18 Å². The minimum Gasteiger partial charge on any atom is -0.493 e. The van der Waals surface area contributed by atoms with Crippen LogP contribution in [0.1, 0.15) is 11.1 Å². The summed E-state index contributed by atoms with van der Waals surface area (Å²) in [4.78, 5) is 3.57. The second-order valence-corrected chi connectivity index (χ2v) is 6.58. The maximum atomic E-state index is 12.7. The molecular formula is C14H11F3N2O3S. The fraction of sp³-hybridized carbons (Fsp3) is 0.214. The predicted molar refractivity (Wildman–Crippen MR) is 75.7 cm³/mol. The van der Waals surface area contributed by atoms with Gasteiger partial charge in [-0.3, -0.25) is 4.72 Å². The molecule has 0 saturated heterocycles. The Morgan fingerprint density at radius 1 is 1.17 bits per heavy atom. The summed E-state index contributed by atoms with van der Waals surface area (Å²) in [5, 5.41) is 0. The molecule has 1 aromatic heterocycles. The van der Waals surface area contributed by atoms with Crippen LogP contribution in [-0.2, 0) is 22.6 Å². The second-order valence-electron chi connectivity index (χ2n) is 4.90. The molecule has 0 aliphatic carbocycles. The van der Waals surface area contributed by atoms with Gasteiger partial charge in [0.2, 0.25) is 0 Å². The van der Waals surface area contributed by atoms with E-state index in [2.05, 4.69) is 9.71 Å². The zero-order valence-corrected chi connectivity index (χ0v) is 12.4. The molecule has 0 saturated carbocycles. The molecule has 2 aromatic rings. The van der Waals surface area contributed by atoms with Gasteiger partial charge in [-0.25, -0.2) is 13.4 Å². The maximum absolute atomic E-state index is 12.7. The average molecular weight is 344 g/mol. The number of nitrogens with one attached hydrogen (secondary N) is 1. The largest absolute Gasteiger partial charge is 0.493 e. The number of benzene rings is 1. The number of halogens is 3. The number of alkyl halides is 3. The monoisotopic (exact) mass is 344 g/mol. The molecular weight excluding hydrogens is 333 g/mol. The van der Waals surface area contributed by atoms with E-state index in [4.69, 9.17) is 4.74 Å². The molecule has 0 unspecified atom stereocenters. The van der Waals surface area contributed by atoms with E-state index in [9.17, 15) is 21.6 Å². The van der Waals surface area contributed by atoms with E-state index >= 15 is 0 Å². The topological polar surface area (TPSA) is 68.3 Å². The predicted octanol–water partition coefficient (Wildman–Crippen LogP) is 2.84. The number of fused-ring (bicyclic) bond motifs is 1. The van der Waals surface area contributed by atoms with Gasteiger partial charge in [0.05, 0.1) is 17.1 Å². The molecule has 0 atom stereocenters. The number of rotatable bonds is 3. The van der Waals surface area contributed by atoms with Crippen molar-refractivity contribution in [2.45, 2.75) is 17.5 Å². The Hall–Kier alpha value is -2.29. The Labute approximate surface area is 130 Å². The lowest BCUT2D eigenvalue weighted by Gasteiger charge is -2.11. The van der Waals surface area contributed by atoms with Crippen LogP contribution in [-0.4, -0.2) is 20.0 Å². The molecule has 1 aliphatic heterocycles. The van der Waals surface area contributed by atoms with Gasteiger partial charge in [0.25, 0.3) is 10.0 Å². The first-order valence-corrected chi connectivity index (χ1v) is 8.06. The van der Waals surface area contributed by atoms with Crippen molar-refractivity contribution in [1.82, 2.24) is 4.98 Å². The molecule has 0 amide bonds. The van der Waals surface area contributed by atoms with E-state index in [1.807, 2.05) is 0 Å². The van der Waals surface area contributed by atoms with E-state index in [1.54, 1.807) is 0 Å². The van der Waals surface area contributed by atoms with E-state index in [1.165, 1.54) is 18.2 Å². The van der Waals surface area contributed by atoms with Gasteiger partial charge in [-0.1, -0.05) is 0 Å².